The fourth-order valence-electron chi connectivity index (χ4n) is 2.71. The molecule has 1 N–H and O–H groups in total. The van der Waals surface area contributed by atoms with Gasteiger partial charge in [0.25, 0.3) is 5.91 Å². The normalized spacial score (nSPS) is 17.3. The Morgan fingerprint density at radius 2 is 1.92 bits per heavy atom. The zero-order valence-corrected chi connectivity index (χ0v) is 14.1. The van der Waals surface area contributed by atoms with E-state index in [2.05, 4.69) is 5.32 Å². The van der Waals surface area contributed by atoms with Crippen molar-refractivity contribution in [2.45, 2.75) is 26.4 Å². The molecule has 1 fully saturated rings. The number of nitrogens with zero attached hydrogens (tertiary/aromatic N) is 2. The highest BCUT2D eigenvalue weighted by atomic mass is 16.3. The van der Waals surface area contributed by atoms with Gasteiger partial charge in [-0.1, -0.05) is 17.7 Å². The minimum atomic E-state index is -0.645. The number of hydrogen-bond acceptors (Lipinski definition) is 4. The van der Waals surface area contributed by atoms with Gasteiger partial charge in [-0.25, -0.2) is 4.79 Å². The first-order chi connectivity index (χ1) is 12.0. The smallest absolute Gasteiger partial charge is 0.332 e. The fourth-order valence-corrected chi connectivity index (χ4v) is 2.71. The van der Waals surface area contributed by atoms with Crippen LogP contribution in [0.15, 0.2) is 47.1 Å². The highest BCUT2D eigenvalue weighted by Crippen LogP contribution is 2.25. The molecule has 2 heterocycles. The van der Waals surface area contributed by atoms with E-state index < -0.39 is 23.9 Å². The molecular weight excluding hydrogens is 322 g/mol. The molecule has 0 bridgehead atoms. The Kier molecular flexibility index (Phi) is 4.56. The van der Waals surface area contributed by atoms with Crippen LogP contribution < -0.4 is 10.2 Å². The summed E-state index contributed by atoms with van der Waals surface area (Å²) in [6.45, 7) is 3.49. The van der Waals surface area contributed by atoms with Gasteiger partial charge in [-0.3, -0.25) is 19.4 Å². The minimum absolute atomic E-state index is 0.208. The maximum absolute atomic E-state index is 12.6. The molecule has 1 aromatic carbocycles. The summed E-state index contributed by atoms with van der Waals surface area (Å²) in [5.74, 6) is -0.211. The number of rotatable bonds is 5. The molecule has 4 amide bonds. The number of hydrogen-bond donors (Lipinski definition) is 1. The van der Waals surface area contributed by atoms with Gasteiger partial charge >= 0.3 is 6.03 Å². The molecule has 1 saturated heterocycles. The first-order valence-corrected chi connectivity index (χ1v) is 7.97. The molecule has 0 radical (unpaired) electrons. The topological polar surface area (TPSA) is 82.9 Å². The molecule has 1 atom stereocenters. The molecule has 1 aromatic heterocycles. The van der Waals surface area contributed by atoms with Crippen molar-refractivity contribution in [2.24, 2.45) is 0 Å². The Hall–Kier alpha value is -3.09. The van der Waals surface area contributed by atoms with Crippen LogP contribution in [0.3, 0.4) is 0 Å². The number of aryl methyl sites for hydroxylation is 1. The van der Waals surface area contributed by atoms with Crippen LogP contribution in [0.5, 0.6) is 0 Å². The SMILES string of the molecule is Cc1ccc(N2C(=O)N(CC(=O)NCc3ccco3)C(=O)[C@H]2C)cc1. The number of carbonyl (C=O) groups is 3. The van der Waals surface area contributed by atoms with Gasteiger partial charge < -0.3 is 9.73 Å². The van der Waals surface area contributed by atoms with Crippen molar-refractivity contribution >= 4 is 23.5 Å². The summed E-state index contributed by atoms with van der Waals surface area (Å²) < 4.78 is 5.13. The molecule has 1 aliphatic rings. The zero-order chi connectivity index (χ0) is 18.0. The van der Waals surface area contributed by atoms with Crippen LogP contribution in [0.1, 0.15) is 18.2 Å². The van der Waals surface area contributed by atoms with Crippen molar-refractivity contribution in [3.63, 3.8) is 0 Å². The van der Waals surface area contributed by atoms with Crippen LogP contribution in [0.25, 0.3) is 0 Å². The van der Waals surface area contributed by atoms with Crippen LogP contribution in [0.4, 0.5) is 10.5 Å². The average Bonchev–Trinajstić information content (AvgIpc) is 3.18. The molecule has 7 heteroatoms. The molecule has 1 aliphatic heterocycles. The third-order valence-electron chi connectivity index (χ3n) is 4.10. The third kappa shape index (κ3) is 3.40. The lowest BCUT2D eigenvalue weighted by atomic mass is 10.2. The van der Waals surface area contributed by atoms with E-state index in [1.54, 1.807) is 31.2 Å². The van der Waals surface area contributed by atoms with Gasteiger partial charge in [-0.05, 0) is 38.1 Å². The monoisotopic (exact) mass is 341 g/mol. The lowest BCUT2D eigenvalue weighted by Crippen LogP contribution is -2.41. The highest BCUT2D eigenvalue weighted by molar-refractivity contribution is 6.15. The summed E-state index contributed by atoms with van der Waals surface area (Å²) >= 11 is 0. The van der Waals surface area contributed by atoms with Crippen molar-refractivity contribution in [3.8, 4) is 0 Å². The van der Waals surface area contributed by atoms with E-state index in [0.717, 1.165) is 10.5 Å². The lowest BCUT2D eigenvalue weighted by Gasteiger charge is -2.19. The zero-order valence-electron chi connectivity index (χ0n) is 14.1. The number of anilines is 1. The van der Waals surface area contributed by atoms with E-state index in [-0.39, 0.29) is 13.1 Å². The highest BCUT2D eigenvalue weighted by Gasteiger charge is 2.43. The number of imide groups is 1. The fraction of sp³-hybridized carbons (Fsp3) is 0.278. The van der Waals surface area contributed by atoms with Gasteiger partial charge in [0.15, 0.2) is 0 Å². The van der Waals surface area contributed by atoms with Gasteiger partial charge in [-0.15, -0.1) is 0 Å². The summed E-state index contributed by atoms with van der Waals surface area (Å²) in [6.07, 6.45) is 1.51. The van der Waals surface area contributed by atoms with Crippen molar-refractivity contribution < 1.29 is 18.8 Å². The molecule has 0 saturated carbocycles. The maximum atomic E-state index is 12.6. The van der Waals surface area contributed by atoms with Crippen molar-refractivity contribution in [1.82, 2.24) is 10.2 Å². The van der Waals surface area contributed by atoms with Crippen LogP contribution in [0.2, 0.25) is 0 Å². The number of amides is 4. The van der Waals surface area contributed by atoms with Gasteiger partial charge in [0.1, 0.15) is 18.3 Å². The predicted octanol–water partition coefficient (Wildman–Crippen LogP) is 2.06. The Morgan fingerprint density at radius 1 is 1.20 bits per heavy atom. The summed E-state index contributed by atoms with van der Waals surface area (Å²) in [4.78, 5) is 39.5. The summed E-state index contributed by atoms with van der Waals surface area (Å²) in [5.41, 5.74) is 1.69. The number of nitrogens with one attached hydrogen (secondary N) is 1. The Labute approximate surface area is 145 Å². The second-order valence-electron chi connectivity index (χ2n) is 5.94. The van der Waals surface area contributed by atoms with E-state index in [1.807, 2.05) is 19.1 Å². The van der Waals surface area contributed by atoms with Crippen LogP contribution >= 0.6 is 0 Å². The van der Waals surface area contributed by atoms with Crippen LogP contribution in [0, 0.1) is 6.92 Å². The van der Waals surface area contributed by atoms with Crippen molar-refractivity contribution in [1.29, 1.82) is 0 Å². The number of furan rings is 1. The predicted molar refractivity (Wildman–Crippen MR) is 90.8 cm³/mol. The summed E-state index contributed by atoms with van der Waals surface area (Å²) in [5, 5.41) is 2.63. The first kappa shape index (κ1) is 16.8. The largest absolute Gasteiger partial charge is 0.467 e. The molecule has 0 unspecified atom stereocenters. The van der Waals surface area contributed by atoms with Gasteiger partial charge in [-0.2, -0.15) is 0 Å². The summed E-state index contributed by atoms with van der Waals surface area (Å²) in [7, 11) is 0. The summed E-state index contributed by atoms with van der Waals surface area (Å²) in [6, 6.07) is 9.64. The molecule has 25 heavy (non-hydrogen) atoms. The van der Waals surface area contributed by atoms with E-state index >= 15 is 0 Å². The maximum Gasteiger partial charge on any atom is 0.332 e. The standard InChI is InChI=1S/C18H19N3O4/c1-12-5-7-14(8-6-12)21-13(2)17(23)20(18(21)24)11-16(22)19-10-15-4-3-9-25-15/h3-9,13H,10-11H2,1-2H3,(H,19,22)/t13-/m1/s1. The second kappa shape index (κ2) is 6.80. The molecule has 130 valence electrons. The van der Waals surface area contributed by atoms with E-state index in [4.69, 9.17) is 4.42 Å². The number of urea groups is 1. The third-order valence-corrected chi connectivity index (χ3v) is 4.10. The first-order valence-electron chi connectivity index (χ1n) is 7.97. The van der Waals surface area contributed by atoms with Crippen molar-refractivity contribution in [2.75, 3.05) is 11.4 Å². The van der Waals surface area contributed by atoms with E-state index in [1.165, 1.54) is 11.2 Å². The van der Waals surface area contributed by atoms with Gasteiger partial charge in [0.2, 0.25) is 5.91 Å². The van der Waals surface area contributed by atoms with E-state index in [0.29, 0.717) is 11.4 Å². The molecule has 3 rings (SSSR count). The average molecular weight is 341 g/mol. The molecule has 2 aromatic rings. The minimum Gasteiger partial charge on any atom is -0.467 e. The van der Waals surface area contributed by atoms with Crippen LogP contribution in [-0.2, 0) is 16.1 Å². The molecule has 0 aliphatic carbocycles. The second-order valence-corrected chi connectivity index (χ2v) is 5.94. The number of benzene rings is 1. The quantitative estimate of drug-likeness (QED) is 0.844. The Morgan fingerprint density at radius 3 is 2.56 bits per heavy atom. The van der Waals surface area contributed by atoms with E-state index in [9.17, 15) is 14.4 Å². The molecule has 7 nitrogen and oxygen atoms in total. The Bertz CT molecular complexity index is 783. The number of carbonyl (C=O) groups excluding carboxylic acids is 3. The molecule has 0 spiro atoms. The van der Waals surface area contributed by atoms with Crippen molar-refractivity contribution in [3.05, 3.63) is 54.0 Å². The van der Waals surface area contributed by atoms with Crippen LogP contribution in [-0.4, -0.2) is 35.3 Å². The van der Waals surface area contributed by atoms with Gasteiger partial charge in [0, 0.05) is 5.69 Å². The Balaban J connectivity index is 1.67. The lowest BCUT2D eigenvalue weighted by molar-refractivity contribution is -0.131. The van der Waals surface area contributed by atoms with Gasteiger partial charge in [0.05, 0.1) is 12.8 Å². The molecular formula is C18H19N3O4.